The number of quaternary nitrogens is 1. The van der Waals surface area contributed by atoms with E-state index in [0.29, 0.717) is 34.4 Å². The van der Waals surface area contributed by atoms with Gasteiger partial charge >= 0.3 is 0 Å². The number of halogens is 3. The lowest BCUT2D eigenvalue weighted by atomic mass is 10.1. The van der Waals surface area contributed by atoms with Crippen molar-refractivity contribution in [3.05, 3.63) is 60.0 Å². The van der Waals surface area contributed by atoms with Crippen LogP contribution in [-0.2, 0) is 11.2 Å². The number of hydrogen-bond acceptors (Lipinski definition) is 5. The molecule has 0 atom stereocenters. The molecule has 2 heterocycles. The van der Waals surface area contributed by atoms with Crippen LogP contribution in [0.15, 0.2) is 53.1 Å². The highest BCUT2D eigenvalue weighted by molar-refractivity contribution is 5.93. The molecule has 0 unspecified atom stereocenters. The van der Waals surface area contributed by atoms with Crippen molar-refractivity contribution in [3.8, 4) is 17.2 Å². The monoisotopic (exact) mass is 432 g/mol. The zero-order chi connectivity index (χ0) is 22.2. The molecule has 0 saturated heterocycles. The van der Waals surface area contributed by atoms with Gasteiger partial charge in [-0.15, -0.1) is 5.10 Å². The second-order valence-corrected chi connectivity index (χ2v) is 6.68. The molecule has 0 aliphatic rings. The molecular weight excluding hydrogens is 415 g/mol. The molecule has 0 aliphatic carbocycles. The average molecular weight is 432 g/mol. The third-order valence-electron chi connectivity index (χ3n) is 4.60. The first-order valence-electron chi connectivity index (χ1n) is 9.12. The number of aryl methyl sites for hydroxylation is 1. The lowest BCUT2D eigenvalue weighted by Gasteiger charge is -2.10. The van der Waals surface area contributed by atoms with E-state index in [0.717, 1.165) is 6.07 Å². The van der Waals surface area contributed by atoms with E-state index in [1.54, 1.807) is 35.8 Å². The fourth-order valence-electron chi connectivity index (χ4n) is 3.16. The van der Waals surface area contributed by atoms with Crippen LogP contribution in [0.3, 0.4) is 0 Å². The normalized spacial score (nSPS) is 11.6. The van der Waals surface area contributed by atoms with Crippen molar-refractivity contribution in [2.45, 2.75) is 13.3 Å². The van der Waals surface area contributed by atoms with Gasteiger partial charge in [-0.1, -0.05) is 18.2 Å². The Balaban J connectivity index is 1.55. The van der Waals surface area contributed by atoms with E-state index < -0.39 is 23.2 Å². The zero-order valence-electron chi connectivity index (χ0n) is 16.5. The Bertz CT molecular complexity index is 1260. The summed E-state index contributed by atoms with van der Waals surface area (Å²) in [4.78, 5) is 16.5. The number of anilines is 1. The van der Waals surface area contributed by atoms with E-state index in [4.69, 9.17) is 9.15 Å². The first kappa shape index (κ1) is 20.4. The van der Waals surface area contributed by atoms with Crippen LogP contribution in [0, 0.1) is 6.92 Å². The number of fused-ring (bicyclic) bond motifs is 1. The number of nitrogens with one attached hydrogen (secondary N) is 1. The lowest BCUT2D eigenvalue weighted by molar-refractivity contribution is -0.279. The second-order valence-electron chi connectivity index (χ2n) is 6.68. The Morgan fingerprint density at radius 2 is 2.00 bits per heavy atom. The fourth-order valence-corrected chi connectivity index (χ4v) is 3.16. The predicted octanol–water partition coefficient (Wildman–Crippen LogP) is 4.45. The maximum atomic E-state index is 13.1. The summed E-state index contributed by atoms with van der Waals surface area (Å²) in [5, 5.41) is 3.08. The van der Waals surface area contributed by atoms with Crippen molar-refractivity contribution in [2.75, 3.05) is 12.4 Å². The lowest BCUT2D eigenvalue weighted by Crippen LogP contribution is -2.21. The molecule has 0 radical (unpaired) electrons. The highest BCUT2D eigenvalue weighted by atomic mass is 19.6. The third kappa shape index (κ3) is 4.08. The van der Waals surface area contributed by atoms with Crippen molar-refractivity contribution in [2.24, 2.45) is 0 Å². The highest BCUT2D eigenvalue weighted by Gasteiger charge is 2.38. The molecule has 31 heavy (non-hydrogen) atoms. The molecule has 0 bridgehead atoms. The van der Waals surface area contributed by atoms with Crippen LogP contribution in [-0.4, -0.2) is 27.6 Å². The van der Waals surface area contributed by atoms with Gasteiger partial charge in [-0.3, -0.25) is 4.79 Å². The number of nitrogens with zero attached hydrogens (tertiary/aromatic N) is 4. The Morgan fingerprint density at radius 3 is 2.71 bits per heavy atom. The molecule has 0 spiro atoms. The van der Waals surface area contributed by atoms with Crippen LogP contribution >= 0.6 is 0 Å². The molecule has 2 aromatic heterocycles. The summed E-state index contributed by atoms with van der Waals surface area (Å²) < 4.78 is 51.8. The number of ether oxygens (including phenoxy) is 1. The number of imidazole rings is 1. The molecule has 11 heteroatoms. The first-order valence-corrected chi connectivity index (χ1v) is 9.12. The number of hydrogen-bond donors (Lipinski definition) is 1. The van der Waals surface area contributed by atoms with Crippen LogP contribution < -0.4 is 15.2 Å². The predicted molar refractivity (Wildman–Crippen MR) is 106 cm³/mol. The van der Waals surface area contributed by atoms with Crippen LogP contribution in [0.5, 0.6) is 5.75 Å². The highest BCUT2D eigenvalue weighted by Crippen LogP contribution is 2.33. The van der Waals surface area contributed by atoms with E-state index in [9.17, 15) is 18.2 Å². The van der Waals surface area contributed by atoms with E-state index >= 15 is 0 Å². The largest absolute Gasteiger partial charge is 0.496 e. The van der Waals surface area contributed by atoms with E-state index in [1.807, 2.05) is 0 Å². The molecule has 4 rings (SSSR count). The number of carbonyl (C=O) groups excluding carboxylic acids is 1. The van der Waals surface area contributed by atoms with Gasteiger partial charge in [0, 0.05) is 23.4 Å². The van der Waals surface area contributed by atoms with Crippen molar-refractivity contribution >= 4 is 23.0 Å². The maximum absolute atomic E-state index is 13.1. The number of benzene rings is 2. The molecule has 1 N–H and O–H groups in total. The maximum Gasteiger partial charge on any atom is 0.279 e. The van der Waals surface area contributed by atoms with Gasteiger partial charge in [0.15, 0.2) is 0 Å². The van der Waals surface area contributed by atoms with Crippen molar-refractivity contribution in [1.82, 2.24) is 19.7 Å². The average Bonchev–Trinajstić information content (AvgIpc) is 3.29. The number of amides is 1. The molecule has 2 aromatic carbocycles. The van der Waals surface area contributed by atoms with E-state index in [1.165, 1.54) is 25.3 Å². The molecule has 4 aromatic rings. The molecule has 160 valence electrons. The minimum Gasteiger partial charge on any atom is -0.496 e. The zero-order valence-corrected chi connectivity index (χ0v) is 16.5. The van der Waals surface area contributed by atoms with Gasteiger partial charge in [0.25, 0.3) is 10.8 Å². The first-order chi connectivity index (χ1) is 14.8. The van der Waals surface area contributed by atoms with Gasteiger partial charge in [0.05, 0.1) is 38.7 Å². The van der Waals surface area contributed by atoms with Crippen LogP contribution in [0.4, 0.5) is 24.8 Å². The third-order valence-corrected chi connectivity index (χ3v) is 4.60. The fraction of sp³-hybridized carbons (Fsp3) is 0.150. The standard InChI is InChI=1S/C20H16F3N5O3/c1-12-24-11-19-27(12)26-20(31-19)15-8-7-14(10-17(15)30-2)25-18(29)9-13-5-3-4-6-16(13)28(21,22)23/h3-8,10-11H,9H2,1-2H3/p+1. The van der Waals surface area contributed by atoms with Crippen molar-refractivity contribution in [1.29, 1.82) is 0 Å². The van der Waals surface area contributed by atoms with E-state index in [2.05, 4.69) is 15.4 Å². The minimum absolute atomic E-state index is 0.129. The molecule has 0 aliphatic heterocycles. The summed E-state index contributed by atoms with van der Waals surface area (Å²) in [6, 6.07) is 9.70. The SMILES string of the molecule is COc1cc(NC(=O)Cc2ccccc2[N+](F)(F)F)ccc1-c1nn2c(C)ncc2o1. The molecule has 8 nitrogen and oxygen atoms in total. The van der Waals surface area contributed by atoms with Gasteiger partial charge in [0.2, 0.25) is 17.5 Å². The smallest absolute Gasteiger partial charge is 0.279 e. The van der Waals surface area contributed by atoms with Crippen LogP contribution in [0.25, 0.3) is 17.2 Å². The molecule has 0 fully saturated rings. The number of methoxy groups -OCH3 is 1. The molecule has 0 saturated carbocycles. The summed E-state index contributed by atoms with van der Waals surface area (Å²) in [5.74, 6) is 0.737. The molecule has 1 amide bonds. The van der Waals surface area contributed by atoms with Gasteiger partial charge in [-0.2, -0.15) is 4.52 Å². The number of rotatable bonds is 6. The van der Waals surface area contributed by atoms with Gasteiger partial charge in [-0.25, -0.2) is 4.98 Å². The van der Waals surface area contributed by atoms with Gasteiger partial charge in [0.1, 0.15) is 11.6 Å². The Morgan fingerprint density at radius 1 is 1.23 bits per heavy atom. The topological polar surface area (TPSA) is 81.7 Å². The minimum atomic E-state index is -3.86. The van der Waals surface area contributed by atoms with Crippen molar-refractivity contribution < 1.29 is 27.4 Å². The van der Waals surface area contributed by atoms with Crippen LogP contribution in [0.1, 0.15) is 11.4 Å². The number of carbonyl (C=O) groups is 1. The summed E-state index contributed by atoms with van der Waals surface area (Å²) >= 11 is 0. The van der Waals surface area contributed by atoms with Crippen molar-refractivity contribution in [3.63, 3.8) is 0 Å². The molecular formula is C20H17F3N5O3+. The summed E-state index contributed by atoms with van der Waals surface area (Å²) in [5.41, 5.74) is 0.351. The Labute approximate surface area is 173 Å². The quantitative estimate of drug-likeness (QED) is 0.456. The Hall–Kier alpha value is -3.86. The Kier molecular flexibility index (Phi) is 5.11. The van der Waals surface area contributed by atoms with Crippen LogP contribution in [0.2, 0.25) is 0 Å². The number of aromatic nitrogens is 3. The summed E-state index contributed by atoms with van der Waals surface area (Å²) in [6.45, 7) is 1.78. The van der Waals surface area contributed by atoms with E-state index in [-0.39, 0.29) is 5.56 Å². The second kappa shape index (κ2) is 7.76. The summed E-state index contributed by atoms with van der Waals surface area (Å²) in [6.07, 6.45) is 1.11. The van der Waals surface area contributed by atoms with Gasteiger partial charge < -0.3 is 14.5 Å². The summed E-state index contributed by atoms with van der Waals surface area (Å²) in [7, 11) is 1.45. The van der Waals surface area contributed by atoms with Gasteiger partial charge in [-0.05, 0) is 19.1 Å².